The first-order valence-electron chi connectivity index (χ1n) is 9.39. The maximum atomic E-state index is 13.0. The van der Waals surface area contributed by atoms with E-state index in [9.17, 15) is 13.2 Å². The molecule has 0 aliphatic carbocycles. The molecule has 0 aliphatic heterocycles. The lowest BCUT2D eigenvalue weighted by Crippen LogP contribution is -2.48. The second kappa shape index (κ2) is 10.0. The Kier molecular flexibility index (Phi) is 7.97. The highest BCUT2D eigenvalue weighted by molar-refractivity contribution is 7.92. The van der Waals surface area contributed by atoms with E-state index >= 15 is 0 Å². The van der Waals surface area contributed by atoms with Gasteiger partial charge in [-0.3, -0.25) is 9.10 Å². The van der Waals surface area contributed by atoms with Gasteiger partial charge in [0.25, 0.3) is 0 Å². The van der Waals surface area contributed by atoms with Crippen molar-refractivity contribution in [3.8, 4) is 11.5 Å². The first-order chi connectivity index (χ1) is 14.1. The summed E-state index contributed by atoms with van der Waals surface area (Å²) >= 11 is 6.08. The summed E-state index contributed by atoms with van der Waals surface area (Å²) in [5.74, 6) is 0.571. The summed E-state index contributed by atoms with van der Waals surface area (Å²) in [5, 5.41) is 3.27. The molecular weight excluding hydrogens is 428 g/mol. The lowest BCUT2D eigenvalue weighted by molar-refractivity contribution is -0.122. The predicted octanol–water partition coefficient (Wildman–Crippen LogP) is 3.78. The quantitative estimate of drug-likeness (QED) is 0.623. The van der Waals surface area contributed by atoms with Gasteiger partial charge < -0.3 is 14.8 Å². The van der Waals surface area contributed by atoms with Gasteiger partial charge in [-0.1, -0.05) is 30.7 Å². The van der Waals surface area contributed by atoms with Crippen LogP contribution in [-0.2, 0) is 14.8 Å². The zero-order chi connectivity index (χ0) is 22.5. The monoisotopic (exact) mass is 454 g/mol. The minimum Gasteiger partial charge on any atom is -0.497 e. The van der Waals surface area contributed by atoms with E-state index in [4.69, 9.17) is 21.1 Å². The molecule has 30 heavy (non-hydrogen) atoms. The molecule has 2 rings (SSSR count). The van der Waals surface area contributed by atoms with Crippen LogP contribution in [0.25, 0.3) is 0 Å². The number of benzene rings is 2. The third kappa shape index (κ3) is 5.58. The Morgan fingerprint density at radius 3 is 2.27 bits per heavy atom. The van der Waals surface area contributed by atoms with Crippen molar-refractivity contribution >= 4 is 33.2 Å². The number of nitrogens with one attached hydrogen (secondary N) is 1. The molecule has 164 valence electrons. The van der Waals surface area contributed by atoms with Crippen LogP contribution in [0.15, 0.2) is 42.5 Å². The molecule has 0 bridgehead atoms. The summed E-state index contributed by atoms with van der Waals surface area (Å²) in [5.41, 5.74) is 1.10. The highest BCUT2D eigenvalue weighted by atomic mass is 35.5. The van der Waals surface area contributed by atoms with E-state index in [1.165, 1.54) is 20.1 Å². The Hall–Kier alpha value is -2.45. The van der Waals surface area contributed by atoms with Crippen LogP contribution < -0.4 is 19.1 Å². The van der Waals surface area contributed by atoms with E-state index in [1.807, 2.05) is 31.2 Å². The van der Waals surface area contributed by atoms with Gasteiger partial charge >= 0.3 is 0 Å². The minimum absolute atomic E-state index is 0.202. The lowest BCUT2D eigenvalue weighted by atomic mass is 10.0. The largest absolute Gasteiger partial charge is 0.497 e. The summed E-state index contributed by atoms with van der Waals surface area (Å²) in [6.45, 7) is 3.46. The van der Waals surface area contributed by atoms with Crippen molar-refractivity contribution in [1.82, 2.24) is 5.32 Å². The third-order valence-electron chi connectivity index (χ3n) is 4.71. The van der Waals surface area contributed by atoms with Crippen molar-refractivity contribution in [2.45, 2.75) is 32.4 Å². The van der Waals surface area contributed by atoms with Crippen LogP contribution >= 0.6 is 11.6 Å². The molecule has 0 heterocycles. The van der Waals surface area contributed by atoms with Gasteiger partial charge in [0.05, 0.1) is 32.2 Å². The Balaban J connectivity index is 2.34. The standard InChI is InChI=1S/C21H27ClN2O5S/c1-6-18(15-7-10-17(28-3)11-8-15)23-21(25)14(2)24(30(5,26)27)19-13-16(22)9-12-20(19)29-4/h7-14,18H,6H2,1-5H3,(H,23,25)/t14-,18+/m1/s1. The summed E-state index contributed by atoms with van der Waals surface area (Å²) in [6.07, 6.45) is 1.67. The summed E-state index contributed by atoms with van der Waals surface area (Å²) in [6, 6.07) is 10.7. The number of hydrogen-bond acceptors (Lipinski definition) is 5. The summed E-state index contributed by atoms with van der Waals surface area (Å²) in [4.78, 5) is 13.0. The summed E-state index contributed by atoms with van der Waals surface area (Å²) in [7, 11) is -0.802. The van der Waals surface area contributed by atoms with Crippen molar-refractivity contribution in [3.63, 3.8) is 0 Å². The zero-order valence-corrected chi connectivity index (χ0v) is 19.3. The van der Waals surface area contributed by atoms with Gasteiger partial charge in [-0.2, -0.15) is 0 Å². The van der Waals surface area contributed by atoms with Crippen molar-refractivity contribution in [2.24, 2.45) is 0 Å². The van der Waals surface area contributed by atoms with Crippen LogP contribution in [0.1, 0.15) is 31.9 Å². The van der Waals surface area contributed by atoms with Gasteiger partial charge in [0.1, 0.15) is 17.5 Å². The van der Waals surface area contributed by atoms with Gasteiger partial charge in [0, 0.05) is 5.02 Å². The van der Waals surface area contributed by atoms with E-state index in [0.717, 1.165) is 16.1 Å². The molecule has 0 spiro atoms. The molecule has 0 radical (unpaired) electrons. The second-order valence-corrected chi connectivity index (χ2v) is 9.09. The van der Waals surface area contributed by atoms with Crippen molar-refractivity contribution in [3.05, 3.63) is 53.1 Å². The normalized spacial score (nSPS) is 13.3. The van der Waals surface area contributed by atoms with Crippen LogP contribution in [0.3, 0.4) is 0 Å². The van der Waals surface area contributed by atoms with Gasteiger partial charge in [-0.15, -0.1) is 0 Å². The Morgan fingerprint density at radius 1 is 1.13 bits per heavy atom. The molecule has 1 amide bonds. The van der Waals surface area contributed by atoms with E-state index in [1.54, 1.807) is 19.2 Å². The fourth-order valence-corrected chi connectivity index (χ4v) is 4.50. The highest BCUT2D eigenvalue weighted by Gasteiger charge is 2.32. The lowest BCUT2D eigenvalue weighted by Gasteiger charge is -2.30. The van der Waals surface area contributed by atoms with Crippen molar-refractivity contribution in [1.29, 1.82) is 0 Å². The van der Waals surface area contributed by atoms with E-state index in [-0.39, 0.29) is 11.7 Å². The number of amides is 1. The van der Waals surface area contributed by atoms with Gasteiger partial charge in [-0.05, 0) is 49.2 Å². The van der Waals surface area contributed by atoms with Gasteiger partial charge in [0.2, 0.25) is 15.9 Å². The highest BCUT2D eigenvalue weighted by Crippen LogP contribution is 2.34. The molecule has 2 aromatic rings. The van der Waals surface area contributed by atoms with Crippen LogP contribution in [0.2, 0.25) is 5.02 Å². The van der Waals surface area contributed by atoms with Gasteiger partial charge in [0.15, 0.2) is 0 Å². The molecule has 0 aliphatic rings. The number of rotatable bonds is 9. The molecule has 2 aromatic carbocycles. The molecule has 0 aromatic heterocycles. The average molecular weight is 455 g/mol. The fourth-order valence-electron chi connectivity index (χ4n) is 3.17. The number of ether oxygens (including phenoxy) is 2. The zero-order valence-electron chi connectivity index (χ0n) is 17.7. The second-order valence-electron chi connectivity index (χ2n) is 6.79. The maximum absolute atomic E-state index is 13.0. The van der Waals surface area contributed by atoms with E-state index in [2.05, 4.69) is 5.32 Å². The maximum Gasteiger partial charge on any atom is 0.244 e. The molecule has 0 saturated heterocycles. The molecule has 0 saturated carbocycles. The molecule has 1 N–H and O–H groups in total. The molecule has 9 heteroatoms. The SMILES string of the molecule is CC[C@H](NC(=O)[C@@H](C)N(c1cc(Cl)ccc1OC)S(C)(=O)=O)c1ccc(OC)cc1. The number of methoxy groups -OCH3 is 2. The Bertz CT molecular complexity index is 979. The van der Waals surface area contributed by atoms with Crippen LogP contribution in [0.5, 0.6) is 11.5 Å². The predicted molar refractivity (Wildman–Crippen MR) is 119 cm³/mol. The number of halogens is 1. The van der Waals surface area contributed by atoms with Crippen LogP contribution in [-0.4, -0.2) is 40.8 Å². The van der Waals surface area contributed by atoms with Crippen LogP contribution in [0, 0.1) is 0 Å². The van der Waals surface area contributed by atoms with E-state index < -0.39 is 22.0 Å². The Morgan fingerprint density at radius 2 is 1.77 bits per heavy atom. The first-order valence-corrected chi connectivity index (χ1v) is 11.6. The van der Waals surface area contributed by atoms with E-state index in [0.29, 0.717) is 22.9 Å². The number of anilines is 1. The van der Waals surface area contributed by atoms with Gasteiger partial charge in [-0.25, -0.2) is 8.42 Å². The average Bonchev–Trinajstić information content (AvgIpc) is 2.71. The number of carbonyl (C=O) groups is 1. The number of nitrogens with zero attached hydrogens (tertiary/aromatic N) is 1. The van der Waals surface area contributed by atoms with Crippen LogP contribution in [0.4, 0.5) is 5.69 Å². The van der Waals surface area contributed by atoms with Crippen molar-refractivity contribution in [2.75, 3.05) is 24.8 Å². The smallest absolute Gasteiger partial charge is 0.244 e. The number of sulfonamides is 1. The molecule has 2 atom stereocenters. The minimum atomic E-state index is -3.81. The number of hydrogen-bond donors (Lipinski definition) is 1. The summed E-state index contributed by atoms with van der Waals surface area (Å²) < 4.78 is 36.7. The molecule has 0 unspecified atom stereocenters. The fraction of sp³-hybridized carbons (Fsp3) is 0.381. The molecule has 0 fully saturated rings. The first kappa shape index (κ1) is 23.8. The Labute approximate surface area is 183 Å². The molecular formula is C21H27ClN2O5S. The number of carbonyl (C=O) groups excluding carboxylic acids is 1. The third-order valence-corrected chi connectivity index (χ3v) is 6.17. The topological polar surface area (TPSA) is 84.9 Å². The molecule has 7 nitrogen and oxygen atoms in total. The van der Waals surface area contributed by atoms with Crippen molar-refractivity contribution < 1.29 is 22.7 Å².